The summed E-state index contributed by atoms with van der Waals surface area (Å²) in [5, 5.41) is 13.2. The quantitative estimate of drug-likeness (QED) is 0.659. The third-order valence-corrected chi connectivity index (χ3v) is 6.47. The van der Waals surface area contributed by atoms with Gasteiger partial charge in [-0.25, -0.2) is 9.10 Å². The molecule has 1 fully saturated rings. The molecule has 3 N–H and O–H groups in total. The number of aromatic nitrogens is 2. The number of anilines is 3. The van der Waals surface area contributed by atoms with Crippen LogP contribution in [0.4, 0.5) is 22.0 Å². The molecule has 2 heterocycles. The van der Waals surface area contributed by atoms with Gasteiger partial charge in [0.1, 0.15) is 11.8 Å². The minimum atomic E-state index is -3.81. The van der Waals surface area contributed by atoms with E-state index in [4.69, 9.17) is 8.92 Å². The maximum Gasteiger partial charge on any atom is 0.409 e. The number of nitrogens with one attached hydrogen (secondary N) is 3. The molecule has 0 spiro atoms. The minimum Gasteiger partial charge on any atom is -0.446 e. The molecule has 10 nitrogen and oxygen atoms in total. The van der Waals surface area contributed by atoms with Crippen LogP contribution >= 0.6 is 0 Å². The number of H-pyrrole nitrogens is 1. The second kappa shape index (κ2) is 7.71. The van der Waals surface area contributed by atoms with Crippen LogP contribution < -0.4 is 19.1 Å². The zero-order chi connectivity index (χ0) is 21.5. The fourth-order valence-electron chi connectivity index (χ4n) is 3.74. The van der Waals surface area contributed by atoms with E-state index in [-0.39, 0.29) is 29.9 Å². The molecular weight excluding hydrogens is 410 g/mol. The van der Waals surface area contributed by atoms with Crippen LogP contribution in [0.25, 0.3) is 0 Å². The Labute approximate surface area is 175 Å². The number of ether oxygens (including phenoxy) is 1. The van der Waals surface area contributed by atoms with Crippen molar-refractivity contribution in [1.82, 2.24) is 15.5 Å². The van der Waals surface area contributed by atoms with E-state index in [1.54, 1.807) is 18.2 Å². The number of hydrogen-bond donors (Lipinski definition) is 3. The van der Waals surface area contributed by atoms with Gasteiger partial charge >= 0.3 is 16.4 Å². The van der Waals surface area contributed by atoms with E-state index in [1.165, 1.54) is 7.05 Å². The molecule has 0 saturated heterocycles. The second-order valence-corrected chi connectivity index (χ2v) is 9.40. The normalized spacial score (nSPS) is 21.9. The van der Waals surface area contributed by atoms with E-state index in [2.05, 4.69) is 20.8 Å². The molecule has 1 aliphatic heterocycles. The number of amides is 1. The summed E-state index contributed by atoms with van der Waals surface area (Å²) in [5.74, 6) is 1.00. The topological polar surface area (TPSA) is 126 Å². The molecule has 1 aromatic heterocycles. The van der Waals surface area contributed by atoms with Gasteiger partial charge in [-0.3, -0.25) is 5.10 Å². The summed E-state index contributed by atoms with van der Waals surface area (Å²) in [6.45, 7) is 3.77. The van der Waals surface area contributed by atoms with Crippen molar-refractivity contribution in [2.75, 3.05) is 16.7 Å². The first kappa shape index (κ1) is 20.3. The third-order valence-electron chi connectivity index (χ3n) is 5.22. The SMILES string of the molecule is CC(C)NC(=O)O[C@@H]1CC[C@H](c2cc(Nc3cccc4c3OS(=O)(=O)N4C)n[nH]2)C1. The van der Waals surface area contributed by atoms with Gasteiger partial charge in [0.2, 0.25) is 0 Å². The van der Waals surface area contributed by atoms with Gasteiger partial charge in [0.25, 0.3) is 0 Å². The summed E-state index contributed by atoms with van der Waals surface area (Å²) < 4.78 is 35.7. The largest absolute Gasteiger partial charge is 0.446 e. The van der Waals surface area contributed by atoms with E-state index in [9.17, 15) is 13.2 Å². The van der Waals surface area contributed by atoms with Crippen molar-refractivity contribution in [2.24, 2.45) is 0 Å². The van der Waals surface area contributed by atoms with Crippen LogP contribution in [0.2, 0.25) is 0 Å². The van der Waals surface area contributed by atoms with E-state index in [1.807, 2.05) is 19.9 Å². The van der Waals surface area contributed by atoms with Crippen molar-refractivity contribution in [3.63, 3.8) is 0 Å². The van der Waals surface area contributed by atoms with Crippen molar-refractivity contribution in [1.29, 1.82) is 0 Å². The van der Waals surface area contributed by atoms with Crippen LogP contribution in [0.15, 0.2) is 24.3 Å². The first-order valence-corrected chi connectivity index (χ1v) is 11.2. The Morgan fingerprint density at radius 1 is 1.37 bits per heavy atom. The highest BCUT2D eigenvalue weighted by atomic mass is 32.2. The van der Waals surface area contributed by atoms with Gasteiger partial charge in [0.05, 0.1) is 5.69 Å². The number of fused-ring (bicyclic) bond motifs is 1. The highest BCUT2D eigenvalue weighted by Gasteiger charge is 2.34. The lowest BCUT2D eigenvalue weighted by Gasteiger charge is -2.14. The van der Waals surface area contributed by atoms with Crippen LogP contribution in [0.1, 0.15) is 44.7 Å². The summed E-state index contributed by atoms with van der Waals surface area (Å²) >= 11 is 0. The van der Waals surface area contributed by atoms with Crippen molar-refractivity contribution >= 4 is 33.6 Å². The first-order chi connectivity index (χ1) is 14.2. The molecule has 1 aliphatic carbocycles. The molecule has 1 saturated carbocycles. The van der Waals surface area contributed by atoms with Crippen LogP contribution in [0, 0.1) is 0 Å². The fraction of sp³-hybridized carbons (Fsp3) is 0.474. The van der Waals surface area contributed by atoms with Gasteiger partial charge in [-0.1, -0.05) is 6.07 Å². The summed E-state index contributed by atoms with van der Waals surface area (Å²) in [4.78, 5) is 11.8. The molecule has 162 valence electrons. The predicted molar refractivity (Wildman–Crippen MR) is 111 cm³/mol. The van der Waals surface area contributed by atoms with Crippen molar-refractivity contribution in [2.45, 2.75) is 51.2 Å². The number of alkyl carbamates (subject to hydrolysis) is 1. The lowest BCUT2D eigenvalue weighted by Crippen LogP contribution is -2.33. The van der Waals surface area contributed by atoms with Gasteiger partial charge in [-0.15, -0.1) is 0 Å². The van der Waals surface area contributed by atoms with Crippen LogP contribution in [0.5, 0.6) is 5.75 Å². The van der Waals surface area contributed by atoms with Crippen molar-refractivity contribution in [3.8, 4) is 5.75 Å². The van der Waals surface area contributed by atoms with E-state index >= 15 is 0 Å². The molecular formula is C19H25N5O5S. The average Bonchev–Trinajstić information content (AvgIpc) is 3.35. The van der Waals surface area contributed by atoms with E-state index < -0.39 is 10.3 Å². The molecule has 0 bridgehead atoms. The van der Waals surface area contributed by atoms with Crippen LogP contribution in [-0.2, 0) is 15.0 Å². The number of aromatic amines is 1. The molecule has 2 aromatic rings. The molecule has 1 aromatic carbocycles. The smallest absolute Gasteiger partial charge is 0.409 e. The van der Waals surface area contributed by atoms with Crippen LogP contribution in [0.3, 0.4) is 0 Å². The maximum atomic E-state index is 12.0. The molecule has 4 rings (SSSR count). The molecule has 0 unspecified atom stereocenters. The van der Waals surface area contributed by atoms with Gasteiger partial charge in [0, 0.05) is 30.8 Å². The number of carbonyl (C=O) groups is 1. The monoisotopic (exact) mass is 435 g/mol. The van der Waals surface area contributed by atoms with Gasteiger partial charge in [-0.2, -0.15) is 13.5 Å². The minimum absolute atomic E-state index is 0.0362. The van der Waals surface area contributed by atoms with Crippen molar-refractivity contribution in [3.05, 3.63) is 30.0 Å². The third kappa shape index (κ3) is 4.02. The second-order valence-electron chi connectivity index (χ2n) is 7.83. The van der Waals surface area contributed by atoms with Gasteiger partial charge in [-0.05, 0) is 45.2 Å². The molecule has 2 atom stereocenters. The number of para-hydroxylation sites is 1. The maximum absolute atomic E-state index is 12.0. The Morgan fingerprint density at radius 2 is 2.17 bits per heavy atom. The zero-order valence-corrected chi connectivity index (χ0v) is 17.8. The van der Waals surface area contributed by atoms with E-state index in [0.29, 0.717) is 17.2 Å². The number of rotatable bonds is 5. The highest BCUT2D eigenvalue weighted by molar-refractivity contribution is 7.88. The molecule has 11 heteroatoms. The zero-order valence-electron chi connectivity index (χ0n) is 17.0. The predicted octanol–water partition coefficient (Wildman–Crippen LogP) is 3.00. The number of nitrogens with zero attached hydrogens (tertiary/aromatic N) is 2. The number of hydrogen-bond acceptors (Lipinski definition) is 7. The molecule has 1 amide bonds. The molecule has 0 radical (unpaired) electrons. The average molecular weight is 436 g/mol. The van der Waals surface area contributed by atoms with Gasteiger partial charge < -0.3 is 19.6 Å². The Morgan fingerprint density at radius 3 is 2.93 bits per heavy atom. The summed E-state index contributed by atoms with van der Waals surface area (Å²) in [5.41, 5.74) is 1.91. The Bertz CT molecular complexity index is 1050. The first-order valence-electron chi connectivity index (χ1n) is 9.84. The number of carbonyl (C=O) groups excluding carboxylic acids is 1. The Kier molecular flexibility index (Phi) is 5.22. The summed E-state index contributed by atoms with van der Waals surface area (Å²) in [7, 11) is -2.37. The number of benzene rings is 1. The highest BCUT2D eigenvalue weighted by Crippen LogP contribution is 2.44. The summed E-state index contributed by atoms with van der Waals surface area (Å²) in [6.07, 6.45) is 1.89. The lowest BCUT2D eigenvalue weighted by atomic mass is 10.0. The van der Waals surface area contributed by atoms with Gasteiger partial charge in [0.15, 0.2) is 11.6 Å². The lowest BCUT2D eigenvalue weighted by molar-refractivity contribution is 0.0981. The Hall–Kier alpha value is -2.95. The molecule has 30 heavy (non-hydrogen) atoms. The Balaban J connectivity index is 1.41. The standard InChI is InChI=1S/C19H25N5O5S/c1-11(2)20-19(25)28-13-8-7-12(9-13)15-10-17(23-22-15)21-14-5-4-6-16-18(14)29-30(26,27)24(16)3/h4-6,10-13H,7-9H2,1-3H3,(H,20,25)(H2,21,22,23)/t12-,13+/m0/s1. The summed E-state index contributed by atoms with van der Waals surface area (Å²) in [6, 6.07) is 7.07. The fourth-order valence-corrected chi connectivity index (χ4v) is 4.62. The molecule has 2 aliphatic rings. The van der Waals surface area contributed by atoms with Crippen molar-refractivity contribution < 1.29 is 22.1 Å². The van der Waals surface area contributed by atoms with E-state index in [0.717, 1.165) is 29.3 Å². The van der Waals surface area contributed by atoms with Crippen LogP contribution in [-0.4, -0.2) is 43.9 Å².